The highest BCUT2D eigenvalue weighted by atomic mass is 15.3. The van der Waals surface area contributed by atoms with Crippen LogP contribution in [0, 0.1) is 0 Å². The summed E-state index contributed by atoms with van der Waals surface area (Å²) in [6.07, 6.45) is 12.4. The van der Waals surface area contributed by atoms with E-state index in [1.165, 1.54) is 88.1 Å². The second-order valence-electron chi connectivity index (χ2n) is 10.4. The van der Waals surface area contributed by atoms with Crippen LogP contribution in [0.25, 0.3) is 11.1 Å². The number of piperazine rings is 1. The molecule has 0 spiro atoms. The molecule has 5 rings (SSSR count). The molecule has 0 bridgehead atoms. The third-order valence-electron chi connectivity index (χ3n) is 8.03. The van der Waals surface area contributed by atoms with Crippen molar-refractivity contribution >= 4 is 5.69 Å². The minimum Gasteiger partial charge on any atom is -0.369 e. The lowest BCUT2D eigenvalue weighted by Gasteiger charge is -2.40. The Bertz CT molecular complexity index is 840. The van der Waals surface area contributed by atoms with Crippen molar-refractivity contribution < 1.29 is 0 Å². The molecular formula is C27H42N6. The van der Waals surface area contributed by atoms with Crippen molar-refractivity contribution in [3.63, 3.8) is 0 Å². The minimum absolute atomic E-state index is 0.845. The summed E-state index contributed by atoms with van der Waals surface area (Å²) in [7, 11) is 2.20. The molecule has 3 aliphatic heterocycles. The van der Waals surface area contributed by atoms with Crippen LogP contribution in [0.4, 0.5) is 5.69 Å². The van der Waals surface area contributed by atoms with Crippen molar-refractivity contribution in [2.45, 2.75) is 51.1 Å². The fraction of sp³-hybridized carbons (Fsp3) is 0.667. The average Bonchev–Trinajstić information content (AvgIpc) is 3.35. The molecule has 2 aromatic rings. The van der Waals surface area contributed by atoms with Crippen LogP contribution in [0.1, 0.15) is 38.5 Å². The normalized spacial score (nSPS) is 22.2. The van der Waals surface area contributed by atoms with E-state index in [2.05, 4.69) is 66.9 Å². The van der Waals surface area contributed by atoms with Crippen LogP contribution in [0.5, 0.6) is 0 Å². The first kappa shape index (κ1) is 22.9. The van der Waals surface area contributed by atoms with Crippen molar-refractivity contribution in [1.82, 2.24) is 24.5 Å². The fourth-order valence-electron chi connectivity index (χ4n) is 5.81. The molecular weight excluding hydrogens is 408 g/mol. The van der Waals surface area contributed by atoms with Crippen LogP contribution >= 0.6 is 0 Å². The Kier molecular flexibility index (Phi) is 7.64. The van der Waals surface area contributed by atoms with Crippen LogP contribution in [-0.2, 0) is 6.54 Å². The Morgan fingerprint density at radius 1 is 0.788 bits per heavy atom. The summed E-state index contributed by atoms with van der Waals surface area (Å²) in [6, 6.07) is 9.89. The summed E-state index contributed by atoms with van der Waals surface area (Å²) in [5.74, 6) is 0. The highest BCUT2D eigenvalue weighted by Crippen LogP contribution is 2.24. The van der Waals surface area contributed by atoms with E-state index in [-0.39, 0.29) is 0 Å². The fourth-order valence-corrected chi connectivity index (χ4v) is 5.81. The maximum Gasteiger partial charge on any atom is 0.0568 e. The number of rotatable bonds is 7. The molecule has 1 aromatic carbocycles. The summed E-state index contributed by atoms with van der Waals surface area (Å²) in [5.41, 5.74) is 3.82. The van der Waals surface area contributed by atoms with Crippen LogP contribution in [0.3, 0.4) is 0 Å². The zero-order valence-electron chi connectivity index (χ0n) is 20.5. The number of anilines is 1. The van der Waals surface area contributed by atoms with Gasteiger partial charge in [0.25, 0.3) is 0 Å². The molecule has 180 valence electrons. The van der Waals surface area contributed by atoms with Gasteiger partial charge in [0.2, 0.25) is 0 Å². The molecule has 0 saturated carbocycles. The van der Waals surface area contributed by atoms with E-state index in [0.29, 0.717) is 0 Å². The molecule has 3 saturated heterocycles. The standard InChI is InChI=1S/C27H42N6/c1-29-18-20-32(21-19-29)26-8-6-24(7-9-26)25-22-28-33(23-25)15-5-12-30-16-10-27(11-17-30)31-13-3-2-4-14-31/h6-9,22-23,27H,2-5,10-21H2,1H3. The number of likely N-dealkylation sites (tertiary alicyclic amines) is 2. The molecule has 1 aromatic heterocycles. The van der Waals surface area contributed by atoms with E-state index >= 15 is 0 Å². The first-order chi connectivity index (χ1) is 16.2. The molecule has 0 N–H and O–H groups in total. The zero-order chi connectivity index (χ0) is 22.5. The Morgan fingerprint density at radius 2 is 1.52 bits per heavy atom. The van der Waals surface area contributed by atoms with Gasteiger partial charge in [0.05, 0.1) is 6.20 Å². The van der Waals surface area contributed by atoms with E-state index in [1.54, 1.807) is 0 Å². The van der Waals surface area contributed by atoms with E-state index in [0.717, 1.165) is 38.8 Å². The topological polar surface area (TPSA) is 30.8 Å². The Balaban J connectivity index is 1.05. The summed E-state index contributed by atoms with van der Waals surface area (Å²) < 4.78 is 2.13. The van der Waals surface area contributed by atoms with Gasteiger partial charge in [-0.1, -0.05) is 18.6 Å². The maximum absolute atomic E-state index is 4.64. The summed E-state index contributed by atoms with van der Waals surface area (Å²) in [5, 5.41) is 4.64. The first-order valence-electron chi connectivity index (χ1n) is 13.3. The molecule has 0 amide bonds. The second kappa shape index (κ2) is 11.0. The number of aryl methyl sites for hydroxylation is 1. The van der Waals surface area contributed by atoms with Gasteiger partial charge in [-0.25, -0.2) is 0 Å². The molecule has 0 atom stereocenters. The van der Waals surface area contributed by atoms with Gasteiger partial charge in [-0.05, 0) is 89.6 Å². The molecule has 0 aliphatic carbocycles. The van der Waals surface area contributed by atoms with Gasteiger partial charge in [0.1, 0.15) is 0 Å². The van der Waals surface area contributed by atoms with Crippen molar-refractivity contribution in [1.29, 1.82) is 0 Å². The van der Waals surface area contributed by atoms with E-state index in [1.807, 2.05) is 6.20 Å². The lowest BCUT2D eigenvalue weighted by atomic mass is 10.00. The van der Waals surface area contributed by atoms with Crippen LogP contribution in [0.2, 0.25) is 0 Å². The van der Waals surface area contributed by atoms with Crippen molar-refractivity contribution in [2.75, 3.05) is 70.9 Å². The van der Waals surface area contributed by atoms with E-state index in [9.17, 15) is 0 Å². The lowest BCUT2D eigenvalue weighted by molar-refractivity contribution is 0.0915. The summed E-state index contributed by atoms with van der Waals surface area (Å²) in [6.45, 7) is 11.9. The van der Waals surface area contributed by atoms with Gasteiger partial charge in [0.15, 0.2) is 0 Å². The number of hydrogen-bond acceptors (Lipinski definition) is 5. The quantitative estimate of drug-likeness (QED) is 0.643. The second-order valence-corrected chi connectivity index (χ2v) is 10.4. The molecule has 3 aliphatic rings. The SMILES string of the molecule is CN1CCN(c2ccc(-c3cnn(CCCN4CCC(N5CCCCC5)CC4)c3)cc2)CC1. The van der Waals surface area contributed by atoms with Crippen LogP contribution < -0.4 is 4.90 Å². The number of likely N-dealkylation sites (N-methyl/N-ethyl adjacent to an activating group) is 1. The molecule has 6 nitrogen and oxygen atoms in total. The summed E-state index contributed by atoms with van der Waals surface area (Å²) >= 11 is 0. The summed E-state index contributed by atoms with van der Waals surface area (Å²) in [4.78, 5) is 10.3. The van der Waals surface area contributed by atoms with Crippen LogP contribution in [0.15, 0.2) is 36.7 Å². The third kappa shape index (κ3) is 5.97. The largest absolute Gasteiger partial charge is 0.369 e. The molecule has 6 heteroatoms. The smallest absolute Gasteiger partial charge is 0.0568 e. The highest BCUT2D eigenvalue weighted by Gasteiger charge is 2.25. The van der Waals surface area contributed by atoms with Crippen molar-refractivity contribution in [3.05, 3.63) is 36.7 Å². The number of hydrogen-bond donors (Lipinski definition) is 0. The highest BCUT2D eigenvalue weighted by molar-refractivity contribution is 5.65. The van der Waals surface area contributed by atoms with Crippen molar-refractivity contribution in [2.24, 2.45) is 0 Å². The Labute approximate surface area is 200 Å². The van der Waals surface area contributed by atoms with Crippen LogP contribution in [-0.4, -0.2) is 96.5 Å². The van der Waals surface area contributed by atoms with Gasteiger partial charge >= 0.3 is 0 Å². The molecule has 0 radical (unpaired) electrons. The third-order valence-corrected chi connectivity index (χ3v) is 8.03. The number of piperidine rings is 2. The predicted molar refractivity (Wildman–Crippen MR) is 137 cm³/mol. The van der Waals surface area contributed by atoms with Gasteiger partial charge in [-0.3, -0.25) is 4.68 Å². The Hall–Kier alpha value is -1.89. The zero-order valence-corrected chi connectivity index (χ0v) is 20.5. The first-order valence-corrected chi connectivity index (χ1v) is 13.3. The Morgan fingerprint density at radius 3 is 2.24 bits per heavy atom. The maximum atomic E-state index is 4.64. The van der Waals surface area contributed by atoms with Gasteiger partial charge < -0.3 is 19.6 Å². The number of nitrogens with zero attached hydrogens (tertiary/aromatic N) is 6. The molecule has 33 heavy (non-hydrogen) atoms. The van der Waals surface area contributed by atoms with Crippen molar-refractivity contribution in [3.8, 4) is 11.1 Å². The average molecular weight is 451 g/mol. The minimum atomic E-state index is 0.845. The number of benzene rings is 1. The lowest BCUT2D eigenvalue weighted by Crippen LogP contribution is -2.46. The van der Waals surface area contributed by atoms with E-state index in [4.69, 9.17) is 0 Å². The van der Waals surface area contributed by atoms with Gasteiger partial charge in [-0.15, -0.1) is 0 Å². The predicted octanol–water partition coefficient (Wildman–Crippen LogP) is 3.64. The van der Waals surface area contributed by atoms with Gasteiger partial charge in [0, 0.05) is 56.2 Å². The molecule has 0 unspecified atom stereocenters. The van der Waals surface area contributed by atoms with E-state index < -0.39 is 0 Å². The monoisotopic (exact) mass is 450 g/mol. The molecule has 4 heterocycles. The van der Waals surface area contributed by atoms with Gasteiger partial charge in [-0.2, -0.15) is 5.10 Å². The molecule has 3 fully saturated rings. The number of aromatic nitrogens is 2.